The van der Waals surface area contributed by atoms with E-state index in [0.29, 0.717) is 17.9 Å². The minimum absolute atomic E-state index is 0.150. The van der Waals surface area contributed by atoms with Crippen molar-refractivity contribution in [1.82, 2.24) is 0 Å². The molecule has 0 saturated carbocycles. The van der Waals surface area contributed by atoms with Crippen molar-refractivity contribution >= 4 is 5.97 Å². The van der Waals surface area contributed by atoms with E-state index in [1.54, 1.807) is 24.3 Å². The fourth-order valence-electron chi connectivity index (χ4n) is 1.30. The number of methoxy groups -OCH3 is 1. The van der Waals surface area contributed by atoms with Gasteiger partial charge in [-0.05, 0) is 31.2 Å². The predicted octanol–water partition coefficient (Wildman–Crippen LogP) is 1.25. The lowest BCUT2D eigenvalue weighted by molar-refractivity contribution is 0.0164. The molecule has 0 amide bonds. The van der Waals surface area contributed by atoms with Crippen LogP contribution in [0.4, 0.5) is 0 Å². The average molecular weight is 254 g/mol. The first-order valence-corrected chi connectivity index (χ1v) is 5.74. The van der Waals surface area contributed by atoms with Crippen LogP contribution in [0.2, 0.25) is 0 Å². The Morgan fingerprint density at radius 3 is 2.50 bits per heavy atom. The summed E-state index contributed by atoms with van der Waals surface area (Å²) in [5.41, 5.74) is 0.458. The van der Waals surface area contributed by atoms with Crippen molar-refractivity contribution in [3.8, 4) is 5.75 Å². The SMILES string of the molecule is CCOCC(O)COc1ccc(C(=O)OC)cc1. The molecule has 18 heavy (non-hydrogen) atoms. The summed E-state index contributed by atoms with van der Waals surface area (Å²) < 4.78 is 15.0. The first-order chi connectivity index (χ1) is 8.67. The number of aliphatic hydroxyl groups excluding tert-OH is 1. The Hall–Kier alpha value is -1.59. The Kier molecular flexibility index (Phi) is 6.18. The molecule has 5 heteroatoms. The highest BCUT2D eigenvalue weighted by Gasteiger charge is 2.07. The van der Waals surface area contributed by atoms with E-state index in [1.165, 1.54) is 7.11 Å². The number of aliphatic hydroxyl groups is 1. The molecule has 0 spiro atoms. The molecular weight excluding hydrogens is 236 g/mol. The van der Waals surface area contributed by atoms with E-state index in [2.05, 4.69) is 4.74 Å². The van der Waals surface area contributed by atoms with Crippen LogP contribution in [0.1, 0.15) is 17.3 Å². The van der Waals surface area contributed by atoms with Crippen LogP contribution in [0.3, 0.4) is 0 Å². The molecule has 0 saturated heterocycles. The molecule has 0 aliphatic carbocycles. The molecule has 1 N–H and O–H groups in total. The topological polar surface area (TPSA) is 65.0 Å². The zero-order chi connectivity index (χ0) is 13.4. The second-order valence-electron chi connectivity index (χ2n) is 3.64. The average Bonchev–Trinajstić information content (AvgIpc) is 2.42. The van der Waals surface area contributed by atoms with Crippen molar-refractivity contribution in [1.29, 1.82) is 0 Å². The minimum Gasteiger partial charge on any atom is -0.491 e. The van der Waals surface area contributed by atoms with Gasteiger partial charge < -0.3 is 19.3 Å². The number of benzene rings is 1. The van der Waals surface area contributed by atoms with Gasteiger partial charge in [0.2, 0.25) is 0 Å². The molecule has 0 bridgehead atoms. The Morgan fingerprint density at radius 1 is 1.28 bits per heavy atom. The van der Waals surface area contributed by atoms with Crippen molar-refractivity contribution in [2.75, 3.05) is 26.9 Å². The van der Waals surface area contributed by atoms with E-state index in [1.807, 2.05) is 6.92 Å². The maximum Gasteiger partial charge on any atom is 0.337 e. The van der Waals surface area contributed by atoms with Crippen LogP contribution in [0.15, 0.2) is 24.3 Å². The van der Waals surface area contributed by atoms with Crippen LogP contribution in [-0.2, 0) is 9.47 Å². The standard InChI is InChI=1S/C13H18O5/c1-3-17-8-11(14)9-18-12-6-4-10(5-7-12)13(15)16-2/h4-7,11,14H,3,8-9H2,1-2H3. The molecule has 1 rings (SSSR count). The van der Waals surface area contributed by atoms with Crippen molar-refractivity contribution in [3.63, 3.8) is 0 Å². The van der Waals surface area contributed by atoms with Gasteiger partial charge in [0, 0.05) is 6.61 Å². The first-order valence-electron chi connectivity index (χ1n) is 5.74. The summed E-state index contributed by atoms with van der Waals surface area (Å²) in [5.74, 6) is 0.191. The van der Waals surface area contributed by atoms with Crippen LogP contribution in [0.5, 0.6) is 5.75 Å². The van der Waals surface area contributed by atoms with E-state index in [0.717, 1.165) is 0 Å². The van der Waals surface area contributed by atoms with Crippen LogP contribution in [-0.4, -0.2) is 44.1 Å². The van der Waals surface area contributed by atoms with Gasteiger partial charge >= 0.3 is 5.97 Å². The maximum atomic E-state index is 11.2. The molecule has 1 atom stereocenters. The largest absolute Gasteiger partial charge is 0.491 e. The van der Waals surface area contributed by atoms with Gasteiger partial charge in [0.05, 0.1) is 19.3 Å². The highest BCUT2D eigenvalue weighted by atomic mass is 16.5. The van der Waals surface area contributed by atoms with Gasteiger partial charge in [-0.2, -0.15) is 0 Å². The van der Waals surface area contributed by atoms with Crippen LogP contribution < -0.4 is 4.74 Å². The zero-order valence-electron chi connectivity index (χ0n) is 10.6. The van der Waals surface area contributed by atoms with Gasteiger partial charge in [0.25, 0.3) is 0 Å². The third kappa shape index (κ3) is 4.73. The molecule has 0 heterocycles. The molecule has 1 aromatic carbocycles. The maximum absolute atomic E-state index is 11.2. The Bertz CT molecular complexity index is 360. The summed E-state index contributed by atoms with van der Waals surface area (Å²) in [4.78, 5) is 11.2. The van der Waals surface area contributed by atoms with Crippen LogP contribution >= 0.6 is 0 Å². The lowest BCUT2D eigenvalue weighted by Crippen LogP contribution is -2.23. The number of hydrogen-bond acceptors (Lipinski definition) is 5. The number of hydrogen-bond donors (Lipinski definition) is 1. The second kappa shape index (κ2) is 7.68. The summed E-state index contributed by atoms with van der Waals surface area (Å²) in [6, 6.07) is 6.52. The van der Waals surface area contributed by atoms with Gasteiger partial charge in [-0.1, -0.05) is 0 Å². The smallest absolute Gasteiger partial charge is 0.337 e. The minimum atomic E-state index is -0.662. The third-order valence-corrected chi connectivity index (χ3v) is 2.23. The summed E-state index contributed by atoms with van der Waals surface area (Å²) in [6.45, 7) is 2.82. The van der Waals surface area contributed by atoms with E-state index in [-0.39, 0.29) is 13.2 Å². The number of ether oxygens (including phenoxy) is 3. The van der Waals surface area contributed by atoms with Crippen molar-refractivity contribution in [3.05, 3.63) is 29.8 Å². The highest BCUT2D eigenvalue weighted by Crippen LogP contribution is 2.13. The Balaban J connectivity index is 2.41. The summed E-state index contributed by atoms with van der Waals surface area (Å²) >= 11 is 0. The summed E-state index contributed by atoms with van der Waals surface area (Å²) in [5, 5.41) is 9.50. The van der Waals surface area contributed by atoms with Crippen molar-refractivity contribution in [2.24, 2.45) is 0 Å². The van der Waals surface area contributed by atoms with Crippen LogP contribution in [0.25, 0.3) is 0 Å². The molecule has 100 valence electrons. The molecule has 0 fully saturated rings. The van der Waals surface area contributed by atoms with E-state index in [4.69, 9.17) is 9.47 Å². The summed E-state index contributed by atoms with van der Waals surface area (Å²) in [6.07, 6.45) is -0.662. The monoisotopic (exact) mass is 254 g/mol. The van der Waals surface area contributed by atoms with Gasteiger partial charge in [0.15, 0.2) is 0 Å². The van der Waals surface area contributed by atoms with Gasteiger partial charge in [0.1, 0.15) is 18.5 Å². The molecule has 0 aliphatic rings. The third-order valence-electron chi connectivity index (χ3n) is 2.23. The molecular formula is C13H18O5. The number of rotatable bonds is 7. The second-order valence-corrected chi connectivity index (χ2v) is 3.64. The Morgan fingerprint density at radius 2 is 1.94 bits per heavy atom. The van der Waals surface area contributed by atoms with E-state index in [9.17, 15) is 9.90 Å². The number of carbonyl (C=O) groups excluding carboxylic acids is 1. The van der Waals surface area contributed by atoms with E-state index >= 15 is 0 Å². The lowest BCUT2D eigenvalue weighted by atomic mass is 10.2. The summed E-state index contributed by atoms with van der Waals surface area (Å²) in [7, 11) is 1.33. The molecule has 0 radical (unpaired) electrons. The van der Waals surface area contributed by atoms with Crippen molar-refractivity contribution < 1.29 is 24.1 Å². The van der Waals surface area contributed by atoms with E-state index < -0.39 is 12.1 Å². The van der Waals surface area contributed by atoms with Gasteiger partial charge in [-0.15, -0.1) is 0 Å². The number of esters is 1. The normalized spacial score (nSPS) is 11.9. The molecule has 1 aromatic rings. The zero-order valence-corrected chi connectivity index (χ0v) is 10.6. The first kappa shape index (κ1) is 14.5. The Labute approximate surface area is 106 Å². The molecule has 1 unspecified atom stereocenters. The predicted molar refractivity (Wildman–Crippen MR) is 65.8 cm³/mol. The van der Waals surface area contributed by atoms with Crippen LogP contribution in [0, 0.1) is 0 Å². The van der Waals surface area contributed by atoms with Gasteiger partial charge in [-0.3, -0.25) is 0 Å². The van der Waals surface area contributed by atoms with Crippen molar-refractivity contribution in [2.45, 2.75) is 13.0 Å². The lowest BCUT2D eigenvalue weighted by Gasteiger charge is -2.12. The fourth-order valence-corrected chi connectivity index (χ4v) is 1.30. The highest BCUT2D eigenvalue weighted by molar-refractivity contribution is 5.89. The van der Waals surface area contributed by atoms with Gasteiger partial charge in [-0.25, -0.2) is 4.79 Å². The fraction of sp³-hybridized carbons (Fsp3) is 0.462. The number of carbonyl (C=O) groups is 1. The molecule has 0 aromatic heterocycles. The quantitative estimate of drug-likeness (QED) is 0.742. The molecule has 5 nitrogen and oxygen atoms in total. The molecule has 0 aliphatic heterocycles.